The molecular weight excluding hydrogens is 302 g/mol. The summed E-state index contributed by atoms with van der Waals surface area (Å²) in [6.07, 6.45) is 2.96. The van der Waals surface area contributed by atoms with Crippen molar-refractivity contribution in [2.45, 2.75) is 11.4 Å². The molecule has 0 spiro atoms. The smallest absolute Gasteiger partial charge is 0.262 e. The molecule has 3 rings (SSSR count). The van der Waals surface area contributed by atoms with Gasteiger partial charge in [-0.25, -0.2) is 8.42 Å². The number of nitrogens with one attached hydrogen (secondary N) is 1. The first-order valence-corrected chi connectivity index (χ1v) is 8.22. The van der Waals surface area contributed by atoms with Gasteiger partial charge < -0.3 is 5.11 Å². The van der Waals surface area contributed by atoms with Crippen LogP contribution in [0.3, 0.4) is 0 Å². The maximum absolute atomic E-state index is 12.6. The van der Waals surface area contributed by atoms with Crippen molar-refractivity contribution < 1.29 is 13.5 Å². The Kier molecular flexibility index (Phi) is 3.82. The van der Waals surface area contributed by atoms with E-state index in [0.717, 1.165) is 5.39 Å². The van der Waals surface area contributed by atoms with Crippen LogP contribution in [0.4, 0.5) is 5.69 Å². The fourth-order valence-electron chi connectivity index (χ4n) is 2.28. The second kappa shape index (κ2) is 5.78. The quantitative estimate of drug-likeness (QED) is 0.752. The highest BCUT2D eigenvalue weighted by molar-refractivity contribution is 7.93. The molecule has 22 heavy (non-hydrogen) atoms. The molecule has 0 unspecified atom stereocenters. The van der Waals surface area contributed by atoms with Gasteiger partial charge in [0.25, 0.3) is 10.0 Å². The molecule has 7 heteroatoms. The highest BCUT2D eigenvalue weighted by atomic mass is 32.2. The summed E-state index contributed by atoms with van der Waals surface area (Å²) in [6, 6.07) is 12.5. The first-order valence-electron chi connectivity index (χ1n) is 6.74. The van der Waals surface area contributed by atoms with Crippen LogP contribution < -0.4 is 4.72 Å². The van der Waals surface area contributed by atoms with E-state index < -0.39 is 10.0 Å². The summed E-state index contributed by atoms with van der Waals surface area (Å²) >= 11 is 0. The summed E-state index contributed by atoms with van der Waals surface area (Å²) in [5, 5.41) is 14.4. The Morgan fingerprint density at radius 1 is 1.14 bits per heavy atom. The second-order valence-electron chi connectivity index (χ2n) is 4.80. The van der Waals surface area contributed by atoms with Crippen LogP contribution in [0.15, 0.2) is 59.8 Å². The van der Waals surface area contributed by atoms with Gasteiger partial charge in [-0.1, -0.05) is 36.4 Å². The van der Waals surface area contributed by atoms with E-state index >= 15 is 0 Å². The number of fused-ring (bicyclic) bond motifs is 1. The van der Waals surface area contributed by atoms with Crippen LogP contribution in [0, 0.1) is 0 Å². The first-order chi connectivity index (χ1) is 10.6. The number of sulfonamides is 1. The average molecular weight is 317 g/mol. The van der Waals surface area contributed by atoms with Crippen molar-refractivity contribution in [2.24, 2.45) is 0 Å². The van der Waals surface area contributed by atoms with Crippen LogP contribution in [0.25, 0.3) is 10.8 Å². The third-order valence-electron chi connectivity index (χ3n) is 3.25. The lowest BCUT2D eigenvalue weighted by Gasteiger charge is -2.09. The number of nitrogens with zero attached hydrogens (tertiary/aromatic N) is 2. The molecule has 0 radical (unpaired) electrons. The molecule has 0 saturated carbocycles. The average Bonchev–Trinajstić information content (AvgIpc) is 2.93. The zero-order chi connectivity index (χ0) is 15.6. The SMILES string of the molecule is O=S(=O)(Nc1cnn(CCO)c1)c1cccc2ccccc12. The van der Waals surface area contributed by atoms with E-state index in [-0.39, 0.29) is 11.5 Å². The van der Waals surface area contributed by atoms with Gasteiger partial charge in [-0.15, -0.1) is 0 Å². The predicted octanol–water partition coefficient (Wildman–Crippen LogP) is 1.83. The molecule has 0 aliphatic heterocycles. The summed E-state index contributed by atoms with van der Waals surface area (Å²) in [5.41, 5.74) is 0.362. The summed E-state index contributed by atoms with van der Waals surface area (Å²) < 4.78 is 29.2. The molecule has 1 aromatic heterocycles. The summed E-state index contributed by atoms with van der Waals surface area (Å²) in [4.78, 5) is 0.223. The number of anilines is 1. The number of hydrogen-bond acceptors (Lipinski definition) is 4. The zero-order valence-corrected chi connectivity index (χ0v) is 12.5. The number of aromatic nitrogens is 2. The normalized spacial score (nSPS) is 11.7. The van der Waals surface area contributed by atoms with Crippen molar-refractivity contribution >= 4 is 26.5 Å². The standard InChI is InChI=1S/C15H15N3O3S/c19-9-8-18-11-13(10-16-18)17-22(20,21)15-7-3-5-12-4-1-2-6-14(12)15/h1-7,10-11,17,19H,8-9H2. The van der Waals surface area contributed by atoms with Gasteiger partial charge in [0.15, 0.2) is 0 Å². The number of aliphatic hydroxyl groups excluding tert-OH is 1. The van der Waals surface area contributed by atoms with E-state index in [1.54, 1.807) is 30.5 Å². The number of aliphatic hydroxyl groups is 1. The summed E-state index contributed by atoms with van der Waals surface area (Å²) in [7, 11) is -3.71. The molecule has 0 aliphatic carbocycles. The minimum atomic E-state index is -3.71. The van der Waals surface area contributed by atoms with Crippen molar-refractivity contribution in [1.29, 1.82) is 0 Å². The minimum Gasteiger partial charge on any atom is -0.394 e. The van der Waals surface area contributed by atoms with Crippen molar-refractivity contribution in [1.82, 2.24) is 9.78 Å². The number of hydrogen-bond donors (Lipinski definition) is 2. The van der Waals surface area contributed by atoms with Gasteiger partial charge in [0.05, 0.1) is 29.9 Å². The Balaban J connectivity index is 1.97. The van der Waals surface area contributed by atoms with Crippen LogP contribution in [-0.2, 0) is 16.6 Å². The topological polar surface area (TPSA) is 84.2 Å². The lowest BCUT2D eigenvalue weighted by molar-refractivity contribution is 0.269. The van der Waals surface area contributed by atoms with Gasteiger partial charge in [-0.05, 0) is 11.5 Å². The molecule has 0 fully saturated rings. The highest BCUT2D eigenvalue weighted by Gasteiger charge is 2.17. The molecule has 2 N–H and O–H groups in total. The maximum atomic E-state index is 12.6. The van der Waals surface area contributed by atoms with Gasteiger partial charge in [-0.3, -0.25) is 9.40 Å². The Hall–Kier alpha value is -2.38. The van der Waals surface area contributed by atoms with Crippen LogP contribution >= 0.6 is 0 Å². The third-order valence-corrected chi connectivity index (χ3v) is 4.69. The monoisotopic (exact) mass is 317 g/mol. The van der Waals surface area contributed by atoms with E-state index in [1.807, 2.05) is 18.2 Å². The van der Waals surface area contributed by atoms with Gasteiger partial charge in [-0.2, -0.15) is 5.10 Å². The Bertz CT molecular complexity index is 898. The van der Waals surface area contributed by atoms with Crippen LogP contribution in [0.2, 0.25) is 0 Å². The molecule has 0 saturated heterocycles. The van der Waals surface area contributed by atoms with Gasteiger partial charge in [0.1, 0.15) is 0 Å². The highest BCUT2D eigenvalue weighted by Crippen LogP contribution is 2.24. The summed E-state index contributed by atoms with van der Waals surface area (Å²) in [5.74, 6) is 0. The van der Waals surface area contributed by atoms with Crippen molar-refractivity contribution in [3.05, 3.63) is 54.9 Å². The van der Waals surface area contributed by atoms with Crippen molar-refractivity contribution in [2.75, 3.05) is 11.3 Å². The molecule has 114 valence electrons. The molecular formula is C15H15N3O3S. The van der Waals surface area contributed by atoms with E-state index in [2.05, 4.69) is 9.82 Å². The van der Waals surface area contributed by atoms with Gasteiger partial charge >= 0.3 is 0 Å². The van der Waals surface area contributed by atoms with E-state index in [4.69, 9.17) is 5.11 Å². The Labute approximate surface area is 128 Å². The fourth-order valence-corrected chi connectivity index (χ4v) is 3.54. The molecule has 1 heterocycles. The molecule has 0 bridgehead atoms. The van der Waals surface area contributed by atoms with E-state index in [9.17, 15) is 8.42 Å². The lowest BCUT2D eigenvalue weighted by atomic mass is 10.1. The van der Waals surface area contributed by atoms with Crippen LogP contribution in [-0.4, -0.2) is 29.9 Å². The lowest BCUT2D eigenvalue weighted by Crippen LogP contribution is -2.13. The second-order valence-corrected chi connectivity index (χ2v) is 6.45. The van der Waals surface area contributed by atoms with E-state index in [0.29, 0.717) is 17.6 Å². The van der Waals surface area contributed by atoms with Crippen LogP contribution in [0.1, 0.15) is 0 Å². The van der Waals surface area contributed by atoms with Crippen molar-refractivity contribution in [3.63, 3.8) is 0 Å². The fraction of sp³-hybridized carbons (Fsp3) is 0.133. The molecule has 2 aromatic carbocycles. The predicted molar refractivity (Wildman–Crippen MR) is 84.1 cm³/mol. The molecule has 3 aromatic rings. The van der Waals surface area contributed by atoms with Crippen molar-refractivity contribution in [3.8, 4) is 0 Å². The molecule has 0 amide bonds. The minimum absolute atomic E-state index is 0.0583. The number of rotatable bonds is 5. The molecule has 6 nitrogen and oxygen atoms in total. The Morgan fingerprint density at radius 3 is 2.73 bits per heavy atom. The van der Waals surface area contributed by atoms with Crippen LogP contribution in [0.5, 0.6) is 0 Å². The largest absolute Gasteiger partial charge is 0.394 e. The Morgan fingerprint density at radius 2 is 1.91 bits per heavy atom. The van der Waals surface area contributed by atoms with Gasteiger partial charge in [0, 0.05) is 11.6 Å². The number of benzene rings is 2. The van der Waals surface area contributed by atoms with E-state index in [1.165, 1.54) is 10.9 Å². The zero-order valence-electron chi connectivity index (χ0n) is 11.7. The summed E-state index contributed by atoms with van der Waals surface area (Å²) in [6.45, 7) is 0.257. The first kappa shape index (κ1) is 14.6. The van der Waals surface area contributed by atoms with Gasteiger partial charge in [0.2, 0.25) is 0 Å². The molecule has 0 aliphatic rings. The third kappa shape index (κ3) is 2.81. The molecule has 0 atom stereocenters. The maximum Gasteiger partial charge on any atom is 0.262 e.